The maximum absolute atomic E-state index is 12.8. The monoisotopic (exact) mass is 379 g/mol. The predicted molar refractivity (Wildman–Crippen MR) is 83.2 cm³/mol. The van der Waals surface area contributed by atoms with E-state index in [1.807, 2.05) is 0 Å². The Labute approximate surface area is 143 Å². The van der Waals surface area contributed by atoms with Gasteiger partial charge in [0.15, 0.2) is 12.0 Å². The number of hydrogen-bond donors (Lipinski definition) is 1. The van der Waals surface area contributed by atoms with Crippen molar-refractivity contribution in [2.45, 2.75) is 12.5 Å². The fourth-order valence-corrected chi connectivity index (χ4v) is 2.42. The van der Waals surface area contributed by atoms with Gasteiger partial charge in [-0.1, -0.05) is 11.6 Å². The lowest BCUT2D eigenvalue weighted by Gasteiger charge is -2.17. The van der Waals surface area contributed by atoms with Crippen molar-refractivity contribution in [3.63, 3.8) is 0 Å². The molecule has 11 heteroatoms. The minimum Gasteiger partial charge on any atom is -0.352 e. The molecule has 0 fully saturated rings. The summed E-state index contributed by atoms with van der Waals surface area (Å²) in [6.07, 6.45) is -5.85. The molecule has 0 atom stereocenters. The van der Waals surface area contributed by atoms with E-state index in [2.05, 4.69) is 0 Å². The Morgan fingerprint density at radius 3 is 2.28 bits per heavy atom. The van der Waals surface area contributed by atoms with E-state index >= 15 is 0 Å². The Morgan fingerprint density at radius 1 is 1.16 bits per heavy atom. The summed E-state index contributed by atoms with van der Waals surface area (Å²) in [5.41, 5.74) is -3.88. The minimum absolute atomic E-state index is 0.0403. The SMILES string of the molecule is COC(OC)c1cc(-n2c(=O)cc(C(F)(F)F)n(N)c2=O)ccc1Cl. The van der Waals surface area contributed by atoms with Crippen LogP contribution in [0.5, 0.6) is 0 Å². The maximum atomic E-state index is 12.8. The van der Waals surface area contributed by atoms with Crippen LogP contribution in [0.3, 0.4) is 0 Å². The number of aromatic nitrogens is 2. The van der Waals surface area contributed by atoms with E-state index in [0.29, 0.717) is 4.57 Å². The van der Waals surface area contributed by atoms with Gasteiger partial charge < -0.3 is 15.3 Å². The summed E-state index contributed by atoms with van der Waals surface area (Å²) in [5.74, 6) is 5.20. The summed E-state index contributed by atoms with van der Waals surface area (Å²) < 4.78 is 48.9. The zero-order valence-corrected chi connectivity index (χ0v) is 13.8. The first-order valence-electron chi connectivity index (χ1n) is 6.68. The Balaban J connectivity index is 2.72. The van der Waals surface area contributed by atoms with E-state index in [-0.39, 0.29) is 27.0 Å². The molecule has 0 aliphatic carbocycles. The second kappa shape index (κ2) is 6.90. The molecule has 136 valence electrons. The molecule has 1 heterocycles. The van der Waals surface area contributed by atoms with Crippen molar-refractivity contribution in [2.75, 3.05) is 20.1 Å². The van der Waals surface area contributed by atoms with Crippen LogP contribution in [0.4, 0.5) is 13.2 Å². The van der Waals surface area contributed by atoms with Gasteiger partial charge in [0.2, 0.25) is 0 Å². The molecule has 0 spiro atoms. The van der Waals surface area contributed by atoms with Crippen LogP contribution in [-0.2, 0) is 15.7 Å². The predicted octanol–water partition coefficient (Wildman–Crippen LogP) is 1.68. The second-order valence-electron chi connectivity index (χ2n) is 4.86. The Bertz CT molecular complexity index is 904. The summed E-state index contributed by atoms with van der Waals surface area (Å²) in [7, 11) is 2.68. The highest BCUT2D eigenvalue weighted by Crippen LogP contribution is 2.28. The molecule has 0 unspecified atom stereocenters. The van der Waals surface area contributed by atoms with Gasteiger partial charge in [-0.25, -0.2) is 14.0 Å². The van der Waals surface area contributed by atoms with Crippen LogP contribution in [0.1, 0.15) is 17.5 Å². The van der Waals surface area contributed by atoms with Crippen molar-refractivity contribution in [1.82, 2.24) is 9.24 Å². The maximum Gasteiger partial charge on any atom is 0.433 e. The van der Waals surface area contributed by atoms with E-state index < -0.39 is 29.4 Å². The zero-order valence-electron chi connectivity index (χ0n) is 13.0. The lowest BCUT2D eigenvalue weighted by molar-refractivity contribution is -0.143. The standard InChI is InChI=1S/C14H13ClF3N3O4/c1-24-12(25-2)8-5-7(3-4-9(8)15)20-11(22)6-10(14(16,17)18)21(19)13(20)23/h3-6,12H,19H2,1-2H3. The first kappa shape index (κ1) is 19.0. The summed E-state index contributed by atoms with van der Waals surface area (Å²) >= 11 is 6.03. The molecular formula is C14H13ClF3N3O4. The van der Waals surface area contributed by atoms with Crippen molar-refractivity contribution in [3.05, 3.63) is 61.4 Å². The normalized spacial score (nSPS) is 12.0. The van der Waals surface area contributed by atoms with Crippen LogP contribution in [0.25, 0.3) is 5.69 Å². The van der Waals surface area contributed by atoms with Gasteiger partial charge in [0.25, 0.3) is 5.56 Å². The van der Waals surface area contributed by atoms with Gasteiger partial charge in [-0.05, 0) is 18.2 Å². The van der Waals surface area contributed by atoms with E-state index in [0.717, 1.165) is 0 Å². The molecule has 0 aliphatic rings. The molecule has 0 bridgehead atoms. The van der Waals surface area contributed by atoms with E-state index in [1.54, 1.807) is 0 Å². The summed E-state index contributed by atoms with van der Waals surface area (Å²) in [5, 5.41) is 0.213. The number of methoxy groups -OCH3 is 2. The van der Waals surface area contributed by atoms with Gasteiger partial charge in [-0.2, -0.15) is 13.2 Å². The topological polar surface area (TPSA) is 88.5 Å². The summed E-state index contributed by atoms with van der Waals surface area (Å²) in [6, 6.07) is 4.15. The van der Waals surface area contributed by atoms with Crippen molar-refractivity contribution >= 4 is 11.6 Å². The molecule has 0 saturated heterocycles. The fraction of sp³-hybridized carbons (Fsp3) is 0.286. The molecule has 2 rings (SSSR count). The van der Waals surface area contributed by atoms with E-state index in [4.69, 9.17) is 26.9 Å². The molecule has 1 aromatic carbocycles. The number of nitrogens with zero attached hydrogens (tertiary/aromatic N) is 2. The number of nitrogen functional groups attached to an aromatic ring is 1. The number of benzene rings is 1. The van der Waals surface area contributed by atoms with Gasteiger partial charge in [0, 0.05) is 30.9 Å². The van der Waals surface area contributed by atoms with Crippen LogP contribution in [0.2, 0.25) is 5.02 Å². The van der Waals surface area contributed by atoms with Gasteiger partial charge in [0.05, 0.1) is 5.69 Å². The second-order valence-corrected chi connectivity index (χ2v) is 5.27. The van der Waals surface area contributed by atoms with Crippen LogP contribution in [0, 0.1) is 0 Å². The van der Waals surface area contributed by atoms with Gasteiger partial charge in [0.1, 0.15) is 0 Å². The van der Waals surface area contributed by atoms with Crippen molar-refractivity contribution in [3.8, 4) is 5.69 Å². The van der Waals surface area contributed by atoms with E-state index in [9.17, 15) is 22.8 Å². The van der Waals surface area contributed by atoms with Crippen LogP contribution >= 0.6 is 11.6 Å². The zero-order chi connectivity index (χ0) is 18.9. The molecule has 1 aromatic heterocycles. The number of alkyl halides is 3. The number of hydrogen-bond acceptors (Lipinski definition) is 5. The van der Waals surface area contributed by atoms with Crippen LogP contribution in [-0.4, -0.2) is 23.5 Å². The Morgan fingerprint density at radius 2 is 1.76 bits per heavy atom. The third-order valence-electron chi connectivity index (χ3n) is 3.35. The first-order valence-corrected chi connectivity index (χ1v) is 7.06. The number of rotatable bonds is 4. The van der Waals surface area contributed by atoms with Crippen LogP contribution in [0.15, 0.2) is 33.9 Å². The Hall–Kier alpha value is -2.30. The fourth-order valence-electron chi connectivity index (χ4n) is 2.21. The third kappa shape index (κ3) is 3.55. The molecular weight excluding hydrogens is 367 g/mol. The first-order chi connectivity index (χ1) is 11.6. The quantitative estimate of drug-likeness (QED) is 0.645. The lowest BCUT2D eigenvalue weighted by atomic mass is 10.2. The third-order valence-corrected chi connectivity index (χ3v) is 3.69. The highest BCUT2D eigenvalue weighted by molar-refractivity contribution is 6.31. The van der Waals surface area contributed by atoms with E-state index in [1.165, 1.54) is 32.4 Å². The highest BCUT2D eigenvalue weighted by atomic mass is 35.5. The van der Waals surface area contributed by atoms with Gasteiger partial charge in [-0.15, -0.1) is 0 Å². The summed E-state index contributed by atoms with van der Waals surface area (Å²) in [4.78, 5) is 24.2. The minimum atomic E-state index is -4.95. The van der Waals surface area contributed by atoms with Gasteiger partial charge in [-0.3, -0.25) is 4.79 Å². The average molecular weight is 380 g/mol. The van der Waals surface area contributed by atoms with Crippen LogP contribution < -0.4 is 17.1 Å². The molecule has 0 aliphatic heterocycles. The highest BCUT2D eigenvalue weighted by Gasteiger charge is 2.35. The molecule has 2 aromatic rings. The average Bonchev–Trinajstić information content (AvgIpc) is 2.53. The molecule has 0 amide bonds. The largest absolute Gasteiger partial charge is 0.433 e. The van der Waals surface area contributed by atoms with Gasteiger partial charge >= 0.3 is 11.9 Å². The lowest BCUT2D eigenvalue weighted by Crippen LogP contribution is -2.45. The molecule has 7 nitrogen and oxygen atoms in total. The number of nitrogens with two attached hydrogens (primary N) is 1. The summed E-state index contributed by atoms with van der Waals surface area (Å²) in [6.45, 7) is 0. The van der Waals surface area contributed by atoms with Crippen molar-refractivity contribution < 1.29 is 22.6 Å². The number of ether oxygens (including phenoxy) is 2. The smallest absolute Gasteiger partial charge is 0.352 e. The molecule has 25 heavy (non-hydrogen) atoms. The Kier molecular flexibility index (Phi) is 5.26. The molecule has 0 saturated carbocycles. The number of halogens is 4. The van der Waals surface area contributed by atoms with Crippen molar-refractivity contribution in [2.24, 2.45) is 0 Å². The van der Waals surface area contributed by atoms with Crippen molar-refractivity contribution in [1.29, 1.82) is 0 Å². The molecule has 2 N–H and O–H groups in total. The molecule has 0 radical (unpaired) electrons.